The Hall–Kier alpha value is -1.35. The minimum atomic E-state index is -0.332. The van der Waals surface area contributed by atoms with Crippen molar-refractivity contribution in [3.63, 3.8) is 0 Å². The molecule has 3 heteroatoms. The SMILES string of the molecule is O=C(NCC1CCCCC1)C1(c2ccccc2)CCNCC1. The molecule has 0 unspecified atom stereocenters. The first-order valence-electron chi connectivity index (χ1n) is 8.86. The topological polar surface area (TPSA) is 41.1 Å². The largest absolute Gasteiger partial charge is 0.355 e. The van der Waals surface area contributed by atoms with Crippen LogP contribution >= 0.6 is 0 Å². The summed E-state index contributed by atoms with van der Waals surface area (Å²) in [6.45, 7) is 2.71. The second kappa shape index (κ2) is 7.28. The molecule has 3 rings (SSSR count). The van der Waals surface area contributed by atoms with Crippen LogP contribution in [0.3, 0.4) is 0 Å². The number of amides is 1. The third kappa shape index (κ3) is 3.35. The van der Waals surface area contributed by atoms with Gasteiger partial charge in [-0.1, -0.05) is 49.6 Å². The molecule has 2 N–H and O–H groups in total. The van der Waals surface area contributed by atoms with E-state index >= 15 is 0 Å². The Kier molecular flexibility index (Phi) is 5.14. The Balaban J connectivity index is 1.70. The standard InChI is InChI=1S/C19H28N2O/c22-18(21-15-16-7-3-1-4-8-16)19(11-13-20-14-12-19)17-9-5-2-6-10-17/h2,5-6,9-10,16,20H,1,3-4,7-8,11-15H2,(H,21,22). The minimum Gasteiger partial charge on any atom is -0.355 e. The van der Waals surface area contributed by atoms with Gasteiger partial charge in [0.1, 0.15) is 0 Å². The van der Waals surface area contributed by atoms with Crippen LogP contribution in [0.15, 0.2) is 30.3 Å². The predicted molar refractivity (Wildman–Crippen MR) is 89.8 cm³/mol. The zero-order chi connectivity index (χ0) is 15.3. The maximum Gasteiger partial charge on any atom is 0.230 e. The van der Waals surface area contributed by atoms with Gasteiger partial charge in [0, 0.05) is 6.54 Å². The molecule has 2 aliphatic rings. The van der Waals surface area contributed by atoms with Gasteiger partial charge in [0.25, 0.3) is 0 Å². The van der Waals surface area contributed by atoms with Crippen molar-refractivity contribution in [2.45, 2.75) is 50.4 Å². The van der Waals surface area contributed by atoms with Gasteiger partial charge in [0.2, 0.25) is 5.91 Å². The van der Waals surface area contributed by atoms with Gasteiger partial charge in [-0.2, -0.15) is 0 Å². The van der Waals surface area contributed by atoms with Gasteiger partial charge in [-0.25, -0.2) is 0 Å². The highest BCUT2D eigenvalue weighted by Gasteiger charge is 2.41. The van der Waals surface area contributed by atoms with Crippen molar-refractivity contribution in [2.24, 2.45) is 5.92 Å². The van der Waals surface area contributed by atoms with Crippen molar-refractivity contribution >= 4 is 5.91 Å². The van der Waals surface area contributed by atoms with Gasteiger partial charge >= 0.3 is 0 Å². The second-order valence-electron chi connectivity index (χ2n) is 6.91. The summed E-state index contributed by atoms with van der Waals surface area (Å²) in [5.41, 5.74) is 0.846. The molecule has 0 aromatic heterocycles. The van der Waals surface area contributed by atoms with Gasteiger partial charge < -0.3 is 10.6 Å². The van der Waals surface area contributed by atoms with E-state index in [4.69, 9.17) is 0 Å². The molecule has 1 heterocycles. The second-order valence-corrected chi connectivity index (χ2v) is 6.91. The van der Waals surface area contributed by atoms with Crippen molar-refractivity contribution in [2.75, 3.05) is 19.6 Å². The average Bonchev–Trinajstić information content (AvgIpc) is 2.62. The summed E-state index contributed by atoms with van der Waals surface area (Å²) in [4.78, 5) is 13.0. The van der Waals surface area contributed by atoms with Crippen LogP contribution in [0.1, 0.15) is 50.5 Å². The highest BCUT2D eigenvalue weighted by molar-refractivity contribution is 5.88. The molecule has 120 valence electrons. The third-order valence-electron chi connectivity index (χ3n) is 5.49. The normalized spacial score (nSPS) is 22.2. The summed E-state index contributed by atoms with van der Waals surface area (Å²) in [6.07, 6.45) is 8.37. The van der Waals surface area contributed by atoms with Gasteiger partial charge in [0.05, 0.1) is 5.41 Å². The zero-order valence-corrected chi connectivity index (χ0v) is 13.4. The summed E-state index contributed by atoms with van der Waals surface area (Å²) >= 11 is 0. The van der Waals surface area contributed by atoms with E-state index in [1.165, 1.54) is 37.7 Å². The van der Waals surface area contributed by atoms with Crippen molar-refractivity contribution in [3.8, 4) is 0 Å². The maximum absolute atomic E-state index is 13.0. The molecule has 2 fully saturated rings. The molecule has 0 bridgehead atoms. The Morgan fingerprint density at radius 3 is 2.45 bits per heavy atom. The summed E-state index contributed by atoms with van der Waals surface area (Å²) in [7, 11) is 0. The lowest BCUT2D eigenvalue weighted by Crippen LogP contribution is -2.51. The third-order valence-corrected chi connectivity index (χ3v) is 5.49. The number of carbonyl (C=O) groups is 1. The lowest BCUT2D eigenvalue weighted by atomic mass is 9.72. The Bertz CT molecular complexity index is 473. The van der Waals surface area contributed by atoms with E-state index in [9.17, 15) is 4.79 Å². The number of rotatable bonds is 4. The smallest absolute Gasteiger partial charge is 0.230 e. The van der Waals surface area contributed by atoms with Gasteiger partial charge in [-0.15, -0.1) is 0 Å². The van der Waals surface area contributed by atoms with Gasteiger partial charge in [0.15, 0.2) is 0 Å². The molecule has 1 saturated carbocycles. The van der Waals surface area contributed by atoms with Crippen LogP contribution in [0.4, 0.5) is 0 Å². The molecule has 1 aromatic carbocycles. The fraction of sp³-hybridized carbons (Fsp3) is 0.632. The molecule has 0 radical (unpaired) electrons. The van der Waals surface area contributed by atoms with E-state index in [0.29, 0.717) is 5.92 Å². The molecule has 1 aliphatic carbocycles. The van der Waals surface area contributed by atoms with Crippen molar-refractivity contribution < 1.29 is 4.79 Å². The number of nitrogens with one attached hydrogen (secondary N) is 2. The Labute approximate surface area is 133 Å². The number of piperidine rings is 1. The number of carbonyl (C=O) groups excluding carboxylic acids is 1. The van der Waals surface area contributed by atoms with Crippen molar-refractivity contribution in [1.29, 1.82) is 0 Å². The minimum absolute atomic E-state index is 0.241. The van der Waals surface area contributed by atoms with Crippen LogP contribution in [-0.4, -0.2) is 25.5 Å². The van der Waals surface area contributed by atoms with Crippen LogP contribution in [0, 0.1) is 5.92 Å². The summed E-state index contributed by atoms with van der Waals surface area (Å²) in [5, 5.41) is 6.68. The van der Waals surface area contributed by atoms with Crippen molar-refractivity contribution in [3.05, 3.63) is 35.9 Å². The van der Waals surface area contributed by atoms with E-state index in [-0.39, 0.29) is 11.3 Å². The van der Waals surface area contributed by atoms with Crippen LogP contribution in [0.25, 0.3) is 0 Å². The van der Waals surface area contributed by atoms with E-state index in [2.05, 4.69) is 22.8 Å². The molecule has 3 nitrogen and oxygen atoms in total. The Morgan fingerprint density at radius 1 is 1.09 bits per heavy atom. The van der Waals surface area contributed by atoms with Crippen LogP contribution < -0.4 is 10.6 Å². The molecule has 1 aromatic rings. The molecule has 1 saturated heterocycles. The highest BCUT2D eigenvalue weighted by Crippen LogP contribution is 2.34. The molecule has 1 aliphatic heterocycles. The zero-order valence-electron chi connectivity index (χ0n) is 13.4. The predicted octanol–water partition coefficient (Wildman–Crippen LogP) is 3.00. The molecule has 0 atom stereocenters. The summed E-state index contributed by atoms with van der Waals surface area (Å²) < 4.78 is 0. The van der Waals surface area contributed by atoms with E-state index in [1.807, 2.05) is 18.2 Å². The summed E-state index contributed by atoms with van der Waals surface area (Å²) in [6, 6.07) is 10.4. The first-order chi connectivity index (χ1) is 10.8. The van der Waals surface area contributed by atoms with Crippen LogP contribution in [-0.2, 0) is 10.2 Å². The number of hydrogen-bond donors (Lipinski definition) is 2. The lowest BCUT2D eigenvalue weighted by Gasteiger charge is -2.37. The maximum atomic E-state index is 13.0. The Morgan fingerprint density at radius 2 is 1.77 bits per heavy atom. The summed E-state index contributed by atoms with van der Waals surface area (Å²) in [5.74, 6) is 0.929. The van der Waals surface area contributed by atoms with Crippen LogP contribution in [0.5, 0.6) is 0 Å². The number of benzene rings is 1. The average molecular weight is 300 g/mol. The molecule has 22 heavy (non-hydrogen) atoms. The first kappa shape index (κ1) is 15.5. The van der Waals surface area contributed by atoms with Gasteiger partial charge in [-0.3, -0.25) is 4.79 Å². The van der Waals surface area contributed by atoms with E-state index in [1.54, 1.807) is 0 Å². The first-order valence-corrected chi connectivity index (χ1v) is 8.86. The number of hydrogen-bond acceptors (Lipinski definition) is 2. The lowest BCUT2D eigenvalue weighted by molar-refractivity contribution is -0.128. The fourth-order valence-corrected chi connectivity index (χ4v) is 4.06. The van der Waals surface area contributed by atoms with Crippen molar-refractivity contribution in [1.82, 2.24) is 10.6 Å². The van der Waals surface area contributed by atoms with Gasteiger partial charge in [-0.05, 0) is 50.3 Å². The molecule has 0 spiro atoms. The monoisotopic (exact) mass is 300 g/mol. The molecular formula is C19H28N2O. The molecule has 1 amide bonds. The van der Waals surface area contributed by atoms with E-state index < -0.39 is 0 Å². The highest BCUT2D eigenvalue weighted by atomic mass is 16.2. The van der Waals surface area contributed by atoms with Crippen LogP contribution in [0.2, 0.25) is 0 Å². The van der Waals surface area contributed by atoms with E-state index in [0.717, 1.165) is 32.5 Å². The molecular weight excluding hydrogens is 272 g/mol. The quantitative estimate of drug-likeness (QED) is 0.897. The fourth-order valence-electron chi connectivity index (χ4n) is 4.06.